The molecule has 1 saturated carbocycles. The van der Waals surface area contributed by atoms with Crippen LogP contribution in [0.3, 0.4) is 0 Å². The third kappa shape index (κ3) is 7.76. The molecule has 0 saturated heterocycles. The number of ether oxygens (including phenoxy) is 7. The second kappa shape index (κ2) is 11.7. The summed E-state index contributed by atoms with van der Waals surface area (Å²) in [5, 5.41) is 8.92. The fourth-order valence-electron chi connectivity index (χ4n) is 2.52. The Morgan fingerprint density at radius 2 is 0.929 bits per heavy atom. The molecule has 0 aromatic carbocycles. The number of rotatable bonds is 7. The molecule has 0 aromatic rings. The predicted octanol–water partition coefficient (Wildman–Crippen LogP) is 2.47. The maximum atomic E-state index is 11.7. The van der Waals surface area contributed by atoms with Gasteiger partial charge in [0.2, 0.25) is 0 Å². The van der Waals surface area contributed by atoms with Crippen LogP contribution in [0.2, 0.25) is 0 Å². The molecule has 0 spiro atoms. The Balaban J connectivity index is 2.98. The Hall–Kier alpha value is -2.92. The van der Waals surface area contributed by atoms with E-state index in [0.29, 0.717) is 0 Å². The lowest BCUT2D eigenvalue weighted by molar-refractivity contribution is -0.140. The van der Waals surface area contributed by atoms with Crippen LogP contribution in [0.4, 0.5) is 19.2 Å². The molecule has 4 unspecified atom stereocenters. The molecule has 1 aliphatic rings. The summed E-state index contributed by atoms with van der Waals surface area (Å²) in [5.74, 6) is 0. The first-order chi connectivity index (χ1) is 13.3. The summed E-state index contributed by atoms with van der Waals surface area (Å²) in [6.45, 7) is 4.81. The van der Waals surface area contributed by atoms with E-state index in [4.69, 9.17) is 28.8 Å². The van der Waals surface area contributed by atoms with Gasteiger partial charge in [-0.05, 0) is 20.8 Å². The zero-order valence-corrected chi connectivity index (χ0v) is 15.8. The van der Waals surface area contributed by atoms with Crippen molar-refractivity contribution >= 4 is 24.6 Å². The largest absolute Gasteiger partial charge is 0.508 e. The Bertz CT molecular complexity index is 548. The maximum Gasteiger partial charge on any atom is 0.508 e. The van der Waals surface area contributed by atoms with Crippen LogP contribution in [0.25, 0.3) is 0 Å². The van der Waals surface area contributed by atoms with Crippen molar-refractivity contribution in [3.05, 3.63) is 0 Å². The van der Waals surface area contributed by atoms with Gasteiger partial charge in [0.1, 0.15) is 24.4 Å². The Morgan fingerprint density at radius 1 is 0.643 bits per heavy atom. The Morgan fingerprint density at radius 3 is 1.18 bits per heavy atom. The van der Waals surface area contributed by atoms with Crippen LogP contribution in [-0.2, 0) is 33.2 Å². The van der Waals surface area contributed by atoms with Gasteiger partial charge in [-0.15, -0.1) is 0 Å². The van der Waals surface area contributed by atoms with Gasteiger partial charge in [0.05, 0.1) is 19.8 Å². The Labute approximate surface area is 160 Å². The van der Waals surface area contributed by atoms with Crippen molar-refractivity contribution in [2.45, 2.75) is 58.0 Å². The molecule has 160 valence electrons. The minimum absolute atomic E-state index is 0.0351. The molecule has 1 aliphatic carbocycles. The summed E-state index contributed by atoms with van der Waals surface area (Å²) in [4.78, 5) is 45.9. The van der Waals surface area contributed by atoms with Crippen molar-refractivity contribution in [1.29, 1.82) is 0 Å². The van der Waals surface area contributed by atoms with Crippen molar-refractivity contribution in [2.24, 2.45) is 0 Å². The van der Waals surface area contributed by atoms with Crippen molar-refractivity contribution in [3.63, 3.8) is 0 Å². The number of hydrogen-bond acceptors (Lipinski definition) is 11. The van der Waals surface area contributed by atoms with Crippen LogP contribution in [0.15, 0.2) is 0 Å². The van der Waals surface area contributed by atoms with Gasteiger partial charge in [-0.1, -0.05) is 0 Å². The SMILES string of the molecule is CCOC(=O)OC1CC(OC(=O)OCC)C(OC(=O)OCC)CC1OC(=O)O. The molecule has 28 heavy (non-hydrogen) atoms. The van der Waals surface area contributed by atoms with E-state index in [1.807, 2.05) is 0 Å². The van der Waals surface area contributed by atoms with Crippen LogP contribution in [-0.4, -0.2) is 74.0 Å². The molecule has 0 aliphatic heterocycles. The smallest absolute Gasteiger partial charge is 0.450 e. The van der Waals surface area contributed by atoms with Gasteiger partial charge in [0.15, 0.2) is 0 Å². The fourth-order valence-corrected chi connectivity index (χ4v) is 2.52. The van der Waals surface area contributed by atoms with E-state index in [2.05, 4.69) is 9.47 Å². The van der Waals surface area contributed by atoms with Gasteiger partial charge >= 0.3 is 24.6 Å². The van der Waals surface area contributed by atoms with Gasteiger partial charge in [-0.3, -0.25) is 0 Å². The standard InChI is InChI=1S/C16H24O12/c1-4-22-14(19)26-10-8-12(28-16(21)24-6-3)11(27-15(20)23-5-2)7-9(10)25-13(17)18/h9-12H,4-8H2,1-3H3,(H,17,18). The highest BCUT2D eigenvalue weighted by atomic mass is 16.8. The second-order valence-electron chi connectivity index (χ2n) is 5.41. The summed E-state index contributed by atoms with van der Waals surface area (Å²) in [6, 6.07) is 0. The highest BCUT2D eigenvalue weighted by Gasteiger charge is 2.46. The molecule has 4 atom stereocenters. The third-order valence-corrected chi connectivity index (χ3v) is 3.54. The molecule has 0 radical (unpaired) electrons. The lowest BCUT2D eigenvalue weighted by Gasteiger charge is -2.37. The molecule has 0 bridgehead atoms. The highest BCUT2D eigenvalue weighted by Crippen LogP contribution is 2.30. The van der Waals surface area contributed by atoms with Crippen LogP contribution in [0.5, 0.6) is 0 Å². The molecule has 1 rings (SSSR count). The highest BCUT2D eigenvalue weighted by molar-refractivity contribution is 5.62. The van der Waals surface area contributed by atoms with E-state index in [1.54, 1.807) is 20.8 Å². The van der Waals surface area contributed by atoms with Crippen LogP contribution in [0.1, 0.15) is 33.6 Å². The second-order valence-corrected chi connectivity index (χ2v) is 5.41. The predicted molar refractivity (Wildman–Crippen MR) is 87.8 cm³/mol. The molecular weight excluding hydrogens is 384 g/mol. The molecule has 12 heteroatoms. The minimum Gasteiger partial charge on any atom is -0.450 e. The van der Waals surface area contributed by atoms with E-state index in [-0.39, 0.29) is 32.7 Å². The number of carboxylic acid groups (broad SMARTS) is 1. The van der Waals surface area contributed by atoms with Crippen LogP contribution >= 0.6 is 0 Å². The Kier molecular flexibility index (Phi) is 9.68. The molecule has 0 aromatic heterocycles. The maximum absolute atomic E-state index is 11.7. The van der Waals surface area contributed by atoms with E-state index in [1.165, 1.54) is 0 Å². The van der Waals surface area contributed by atoms with Gasteiger partial charge in [-0.25, -0.2) is 19.2 Å². The minimum atomic E-state index is -1.62. The lowest BCUT2D eigenvalue weighted by Crippen LogP contribution is -2.51. The van der Waals surface area contributed by atoms with Crippen molar-refractivity contribution in [2.75, 3.05) is 19.8 Å². The first kappa shape index (κ1) is 23.1. The van der Waals surface area contributed by atoms with Crippen molar-refractivity contribution < 1.29 is 57.4 Å². The van der Waals surface area contributed by atoms with E-state index in [9.17, 15) is 19.2 Å². The normalized spacial score (nSPS) is 23.7. The van der Waals surface area contributed by atoms with E-state index >= 15 is 0 Å². The van der Waals surface area contributed by atoms with Crippen LogP contribution in [0, 0.1) is 0 Å². The summed E-state index contributed by atoms with van der Waals surface area (Å²) in [6.07, 6.45) is -9.76. The van der Waals surface area contributed by atoms with Gasteiger partial charge in [0, 0.05) is 12.8 Å². The molecule has 1 N–H and O–H groups in total. The van der Waals surface area contributed by atoms with Gasteiger partial charge < -0.3 is 38.3 Å². The quantitative estimate of drug-likeness (QED) is 0.486. The molecule has 0 amide bonds. The number of carbonyl (C=O) groups excluding carboxylic acids is 3. The van der Waals surface area contributed by atoms with Gasteiger partial charge in [-0.2, -0.15) is 0 Å². The first-order valence-corrected chi connectivity index (χ1v) is 8.70. The molecule has 0 heterocycles. The molecular formula is C16H24O12. The van der Waals surface area contributed by atoms with Crippen molar-refractivity contribution in [3.8, 4) is 0 Å². The zero-order chi connectivity index (χ0) is 21.1. The number of hydrogen-bond donors (Lipinski definition) is 1. The molecule has 12 nitrogen and oxygen atoms in total. The fraction of sp³-hybridized carbons (Fsp3) is 0.750. The first-order valence-electron chi connectivity index (χ1n) is 8.70. The topological polar surface area (TPSA) is 153 Å². The van der Waals surface area contributed by atoms with E-state index < -0.39 is 49.0 Å². The third-order valence-electron chi connectivity index (χ3n) is 3.54. The summed E-state index contributed by atoms with van der Waals surface area (Å²) in [5.41, 5.74) is 0. The monoisotopic (exact) mass is 408 g/mol. The zero-order valence-electron chi connectivity index (χ0n) is 15.8. The summed E-state index contributed by atoms with van der Waals surface area (Å²) in [7, 11) is 0. The van der Waals surface area contributed by atoms with Crippen molar-refractivity contribution in [1.82, 2.24) is 0 Å². The summed E-state index contributed by atoms with van der Waals surface area (Å²) < 4.78 is 34.1. The van der Waals surface area contributed by atoms with Crippen LogP contribution < -0.4 is 0 Å². The number of carbonyl (C=O) groups is 4. The van der Waals surface area contributed by atoms with Gasteiger partial charge in [0.25, 0.3) is 0 Å². The van der Waals surface area contributed by atoms with E-state index in [0.717, 1.165) is 0 Å². The molecule has 1 fully saturated rings. The average molecular weight is 408 g/mol. The lowest BCUT2D eigenvalue weighted by atomic mass is 9.89. The summed E-state index contributed by atoms with van der Waals surface area (Å²) >= 11 is 0. The average Bonchev–Trinajstić information content (AvgIpc) is 2.58.